The number of rotatable bonds is 4. The van der Waals surface area contributed by atoms with Gasteiger partial charge in [0.15, 0.2) is 5.69 Å². The molecule has 0 aromatic carbocycles. The van der Waals surface area contributed by atoms with Crippen LogP contribution in [0.2, 0.25) is 0 Å². The Hall–Kier alpha value is -1.76. The normalized spacial score (nSPS) is 11.9. The molecule has 2 N–H and O–H groups in total. The smallest absolute Gasteiger partial charge is 0.165 e. The van der Waals surface area contributed by atoms with Gasteiger partial charge in [0.2, 0.25) is 0 Å². The molecule has 0 aliphatic carbocycles. The Balaban J connectivity index is 2.92. The van der Waals surface area contributed by atoms with Crippen LogP contribution in [0, 0.1) is 11.3 Å². The first-order valence-corrected chi connectivity index (χ1v) is 5.49. The Bertz CT molecular complexity index is 394. The molecule has 1 aromatic rings. The number of hydrogen-bond donors (Lipinski definition) is 1. The molecule has 1 aromatic heterocycles. The largest absolute Gasteiger partial charge is 0.396 e. The maximum atomic E-state index is 8.86. The number of hydrogen-bond acceptors (Lipinski definition) is 4. The molecular formula is C12H18N4. The van der Waals surface area contributed by atoms with Crippen LogP contribution in [-0.4, -0.2) is 18.1 Å². The number of nitriles is 1. The highest BCUT2D eigenvalue weighted by atomic mass is 15.2. The molecule has 1 heterocycles. The molecule has 0 fully saturated rings. The first-order valence-electron chi connectivity index (χ1n) is 5.49. The highest BCUT2D eigenvalue weighted by molar-refractivity contribution is 5.55. The van der Waals surface area contributed by atoms with Crippen LogP contribution in [0.15, 0.2) is 12.1 Å². The predicted octanol–water partition coefficient (Wildman–Crippen LogP) is 2.16. The molecule has 0 saturated carbocycles. The summed E-state index contributed by atoms with van der Waals surface area (Å²) in [4.78, 5) is 6.31. The van der Waals surface area contributed by atoms with Crippen LogP contribution in [0.5, 0.6) is 0 Å². The van der Waals surface area contributed by atoms with Crippen LogP contribution in [0.1, 0.15) is 32.4 Å². The fourth-order valence-corrected chi connectivity index (χ4v) is 1.58. The summed E-state index contributed by atoms with van der Waals surface area (Å²) in [5.74, 6) is 0.798. The van der Waals surface area contributed by atoms with Crippen molar-refractivity contribution in [3.8, 4) is 6.07 Å². The lowest BCUT2D eigenvalue weighted by Gasteiger charge is -2.25. The summed E-state index contributed by atoms with van der Waals surface area (Å²) < 4.78 is 0. The van der Waals surface area contributed by atoms with Crippen molar-refractivity contribution >= 4 is 11.5 Å². The first kappa shape index (κ1) is 12.3. The standard InChI is InChI=1S/C12H18N4/c1-4-5-9(2)16(3)12-7-6-10(14)11(8-13)15-12/h6-7,9H,4-5,14H2,1-3H3. The van der Waals surface area contributed by atoms with E-state index in [-0.39, 0.29) is 0 Å². The van der Waals surface area contributed by atoms with E-state index in [2.05, 4.69) is 23.7 Å². The summed E-state index contributed by atoms with van der Waals surface area (Å²) >= 11 is 0. The Morgan fingerprint density at radius 3 is 2.81 bits per heavy atom. The van der Waals surface area contributed by atoms with Gasteiger partial charge in [0.1, 0.15) is 11.9 Å². The third-order valence-corrected chi connectivity index (χ3v) is 2.75. The predicted molar refractivity (Wildman–Crippen MR) is 66.1 cm³/mol. The second kappa shape index (κ2) is 5.36. The summed E-state index contributed by atoms with van der Waals surface area (Å²) in [7, 11) is 1.99. The van der Waals surface area contributed by atoms with Crippen molar-refractivity contribution in [3.63, 3.8) is 0 Å². The summed E-state index contributed by atoms with van der Waals surface area (Å²) in [6.07, 6.45) is 2.23. The third-order valence-electron chi connectivity index (χ3n) is 2.75. The zero-order chi connectivity index (χ0) is 12.1. The molecule has 0 radical (unpaired) electrons. The van der Waals surface area contributed by atoms with Crippen molar-refractivity contribution in [1.82, 2.24) is 4.98 Å². The summed E-state index contributed by atoms with van der Waals surface area (Å²) in [5.41, 5.74) is 6.36. The molecule has 0 spiro atoms. The van der Waals surface area contributed by atoms with E-state index in [0.717, 1.165) is 18.7 Å². The third kappa shape index (κ3) is 2.63. The number of anilines is 2. The van der Waals surface area contributed by atoms with Crippen molar-refractivity contribution in [2.75, 3.05) is 17.7 Å². The molecular weight excluding hydrogens is 200 g/mol. The minimum absolute atomic E-state index is 0.299. The van der Waals surface area contributed by atoms with Crippen LogP contribution < -0.4 is 10.6 Å². The van der Waals surface area contributed by atoms with Gasteiger partial charge in [-0.25, -0.2) is 4.98 Å². The van der Waals surface area contributed by atoms with E-state index in [1.807, 2.05) is 19.2 Å². The van der Waals surface area contributed by atoms with E-state index in [9.17, 15) is 0 Å². The van der Waals surface area contributed by atoms with Crippen LogP contribution in [0.25, 0.3) is 0 Å². The number of aromatic nitrogens is 1. The average Bonchev–Trinajstić information content (AvgIpc) is 2.29. The molecule has 4 nitrogen and oxygen atoms in total. The molecule has 4 heteroatoms. The Labute approximate surface area is 96.7 Å². The number of nitrogens with two attached hydrogens (primary N) is 1. The van der Waals surface area contributed by atoms with Crippen LogP contribution in [0.4, 0.5) is 11.5 Å². The van der Waals surface area contributed by atoms with E-state index in [0.29, 0.717) is 17.4 Å². The lowest BCUT2D eigenvalue weighted by molar-refractivity contribution is 0.611. The van der Waals surface area contributed by atoms with Gasteiger partial charge in [-0.15, -0.1) is 0 Å². The van der Waals surface area contributed by atoms with Gasteiger partial charge in [-0.2, -0.15) is 5.26 Å². The monoisotopic (exact) mass is 218 g/mol. The molecule has 0 aliphatic rings. The molecule has 1 atom stereocenters. The number of pyridine rings is 1. The molecule has 0 saturated heterocycles. The molecule has 16 heavy (non-hydrogen) atoms. The van der Waals surface area contributed by atoms with E-state index < -0.39 is 0 Å². The maximum Gasteiger partial charge on any atom is 0.165 e. The van der Waals surface area contributed by atoms with Gasteiger partial charge in [0.25, 0.3) is 0 Å². The lowest BCUT2D eigenvalue weighted by Crippen LogP contribution is -2.29. The SMILES string of the molecule is CCCC(C)N(C)c1ccc(N)c(C#N)n1. The van der Waals surface area contributed by atoms with Crippen molar-refractivity contribution in [2.24, 2.45) is 0 Å². The number of nitrogens with zero attached hydrogens (tertiary/aromatic N) is 3. The van der Waals surface area contributed by atoms with E-state index in [4.69, 9.17) is 11.0 Å². The second-order valence-corrected chi connectivity index (χ2v) is 3.97. The Morgan fingerprint density at radius 1 is 1.56 bits per heavy atom. The van der Waals surface area contributed by atoms with Crippen molar-refractivity contribution in [3.05, 3.63) is 17.8 Å². The van der Waals surface area contributed by atoms with E-state index >= 15 is 0 Å². The lowest BCUT2D eigenvalue weighted by atomic mass is 10.1. The minimum atomic E-state index is 0.299. The van der Waals surface area contributed by atoms with Gasteiger partial charge >= 0.3 is 0 Å². The molecule has 0 amide bonds. The topological polar surface area (TPSA) is 65.9 Å². The average molecular weight is 218 g/mol. The summed E-state index contributed by atoms with van der Waals surface area (Å²) in [6, 6.07) is 5.99. The van der Waals surface area contributed by atoms with Gasteiger partial charge < -0.3 is 10.6 Å². The number of nitrogen functional groups attached to an aromatic ring is 1. The van der Waals surface area contributed by atoms with Crippen molar-refractivity contribution < 1.29 is 0 Å². The highest BCUT2D eigenvalue weighted by Crippen LogP contribution is 2.18. The quantitative estimate of drug-likeness (QED) is 0.841. The van der Waals surface area contributed by atoms with Gasteiger partial charge in [-0.3, -0.25) is 0 Å². The van der Waals surface area contributed by atoms with E-state index in [1.54, 1.807) is 6.07 Å². The van der Waals surface area contributed by atoms with Crippen LogP contribution in [0.3, 0.4) is 0 Å². The van der Waals surface area contributed by atoms with Crippen molar-refractivity contribution in [1.29, 1.82) is 5.26 Å². The summed E-state index contributed by atoms with van der Waals surface area (Å²) in [5, 5.41) is 8.86. The second-order valence-electron chi connectivity index (χ2n) is 3.97. The van der Waals surface area contributed by atoms with E-state index in [1.165, 1.54) is 0 Å². The minimum Gasteiger partial charge on any atom is -0.396 e. The molecule has 86 valence electrons. The van der Waals surface area contributed by atoms with Crippen molar-refractivity contribution in [2.45, 2.75) is 32.7 Å². The van der Waals surface area contributed by atoms with Gasteiger partial charge in [0.05, 0.1) is 5.69 Å². The molecule has 1 rings (SSSR count). The van der Waals surface area contributed by atoms with Gasteiger partial charge in [-0.1, -0.05) is 13.3 Å². The fourth-order valence-electron chi connectivity index (χ4n) is 1.58. The summed E-state index contributed by atoms with van der Waals surface area (Å²) in [6.45, 7) is 4.30. The Morgan fingerprint density at radius 2 is 2.25 bits per heavy atom. The maximum absolute atomic E-state index is 8.86. The zero-order valence-electron chi connectivity index (χ0n) is 10.1. The first-order chi connectivity index (χ1) is 7.60. The zero-order valence-corrected chi connectivity index (χ0v) is 10.1. The molecule has 0 aliphatic heterocycles. The van der Waals surface area contributed by atoms with Gasteiger partial charge in [0, 0.05) is 13.1 Å². The fraction of sp³-hybridized carbons (Fsp3) is 0.500. The molecule has 0 bridgehead atoms. The van der Waals surface area contributed by atoms with Crippen LogP contribution >= 0.6 is 0 Å². The van der Waals surface area contributed by atoms with Gasteiger partial charge in [-0.05, 0) is 25.5 Å². The van der Waals surface area contributed by atoms with Crippen LogP contribution in [-0.2, 0) is 0 Å². The Kier molecular flexibility index (Phi) is 4.12. The highest BCUT2D eigenvalue weighted by Gasteiger charge is 2.11. The molecule has 1 unspecified atom stereocenters.